The first-order valence-electron chi connectivity index (χ1n) is 5.85. The summed E-state index contributed by atoms with van der Waals surface area (Å²) in [5, 5.41) is 8.30. The van der Waals surface area contributed by atoms with Gasteiger partial charge in [0.2, 0.25) is 0 Å². The summed E-state index contributed by atoms with van der Waals surface area (Å²) in [6, 6.07) is 0. The molecular formula is C13H20O5. The van der Waals surface area contributed by atoms with Gasteiger partial charge >= 0.3 is 5.97 Å². The predicted octanol–water partition coefficient (Wildman–Crippen LogP) is 1.39. The van der Waals surface area contributed by atoms with Crippen molar-refractivity contribution >= 4 is 5.97 Å². The number of hydrogen-bond donors (Lipinski definition) is 1. The van der Waals surface area contributed by atoms with E-state index in [0.717, 1.165) is 18.8 Å². The SMILES string of the molecule is C=C(C)COCC1CO1.C=C(CC1CO1)C(=O)O. The van der Waals surface area contributed by atoms with E-state index in [9.17, 15) is 4.79 Å². The van der Waals surface area contributed by atoms with Crippen LogP contribution in [0.2, 0.25) is 0 Å². The highest BCUT2D eigenvalue weighted by molar-refractivity contribution is 5.85. The number of carbonyl (C=O) groups is 1. The minimum absolute atomic E-state index is 0.133. The summed E-state index contributed by atoms with van der Waals surface area (Å²) in [7, 11) is 0. The smallest absolute Gasteiger partial charge is 0.331 e. The third kappa shape index (κ3) is 8.00. The van der Waals surface area contributed by atoms with E-state index >= 15 is 0 Å². The Morgan fingerprint density at radius 2 is 1.89 bits per heavy atom. The van der Waals surface area contributed by atoms with Crippen molar-refractivity contribution in [1.82, 2.24) is 0 Å². The van der Waals surface area contributed by atoms with E-state index in [1.165, 1.54) is 0 Å². The first-order valence-corrected chi connectivity index (χ1v) is 5.85. The molecule has 0 saturated carbocycles. The number of carboxylic acid groups (broad SMARTS) is 1. The zero-order chi connectivity index (χ0) is 13.5. The monoisotopic (exact) mass is 256 g/mol. The number of ether oxygens (including phenoxy) is 3. The fourth-order valence-corrected chi connectivity index (χ4v) is 1.08. The first-order chi connectivity index (χ1) is 8.49. The van der Waals surface area contributed by atoms with Crippen molar-refractivity contribution < 1.29 is 24.1 Å². The van der Waals surface area contributed by atoms with Crippen molar-refractivity contribution in [3.8, 4) is 0 Å². The molecule has 0 aromatic heterocycles. The van der Waals surface area contributed by atoms with Crippen LogP contribution in [0.5, 0.6) is 0 Å². The molecule has 2 heterocycles. The van der Waals surface area contributed by atoms with Gasteiger partial charge < -0.3 is 19.3 Å². The maximum absolute atomic E-state index is 10.1. The van der Waals surface area contributed by atoms with Crippen molar-refractivity contribution in [3.05, 3.63) is 24.3 Å². The number of epoxide rings is 2. The van der Waals surface area contributed by atoms with Gasteiger partial charge in [-0.05, 0) is 6.92 Å². The lowest BCUT2D eigenvalue weighted by Crippen LogP contribution is -2.02. The standard InChI is InChI=1S/C7H12O2.C6H8O3/c1-6(2)3-8-4-7-5-9-7;1-4(6(7)8)2-5-3-9-5/h7H,1,3-5H2,2H3;5H,1-3H2,(H,7,8). The van der Waals surface area contributed by atoms with Crippen LogP contribution in [0.25, 0.3) is 0 Å². The topological polar surface area (TPSA) is 71.6 Å². The molecule has 5 nitrogen and oxygen atoms in total. The predicted molar refractivity (Wildman–Crippen MR) is 66.5 cm³/mol. The molecule has 0 aromatic carbocycles. The Balaban J connectivity index is 0.000000180. The van der Waals surface area contributed by atoms with Crippen LogP contribution in [-0.4, -0.2) is 49.7 Å². The van der Waals surface area contributed by atoms with Crippen molar-refractivity contribution in [2.45, 2.75) is 25.6 Å². The molecule has 0 radical (unpaired) electrons. The Labute approximate surface area is 107 Å². The number of carboxylic acids is 1. The summed E-state index contributed by atoms with van der Waals surface area (Å²) < 4.78 is 14.9. The third-order valence-electron chi connectivity index (χ3n) is 2.23. The highest BCUT2D eigenvalue weighted by atomic mass is 16.6. The van der Waals surface area contributed by atoms with Crippen LogP contribution in [0.4, 0.5) is 0 Å². The lowest BCUT2D eigenvalue weighted by Gasteiger charge is -1.98. The largest absolute Gasteiger partial charge is 0.478 e. The normalized spacial score (nSPS) is 23.6. The van der Waals surface area contributed by atoms with Crippen LogP contribution in [0.3, 0.4) is 0 Å². The van der Waals surface area contributed by atoms with E-state index in [1.54, 1.807) is 0 Å². The second-order valence-corrected chi connectivity index (χ2v) is 4.50. The summed E-state index contributed by atoms with van der Waals surface area (Å²) in [6.07, 6.45) is 0.980. The molecule has 2 fully saturated rings. The first kappa shape index (κ1) is 14.9. The molecule has 18 heavy (non-hydrogen) atoms. The van der Waals surface area contributed by atoms with Crippen molar-refractivity contribution in [1.29, 1.82) is 0 Å². The van der Waals surface area contributed by atoms with Gasteiger partial charge in [-0.15, -0.1) is 0 Å². The minimum Gasteiger partial charge on any atom is -0.478 e. The number of rotatable bonds is 7. The lowest BCUT2D eigenvalue weighted by molar-refractivity contribution is -0.132. The Kier molecular flexibility index (Phi) is 6.04. The molecule has 0 amide bonds. The van der Waals surface area contributed by atoms with Gasteiger partial charge in [-0.25, -0.2) is 4.79 Å². The summed E-state index contributed by atoms with van der Waals surface area (Å²) in [5.41, 5.74) is 1.30. The van der Waals surface area contributed by atoms with Gasteiger partial charge in [0.15, 0.2) is 0 Å². The van der Waals surface area contributed by atoms with Crippen LogP contribution in [0.15, 0.2) is 24.3 Å². The van der Waals surface area contributed by atoms with Crippen molar-refractivity contribution in [2.24, 2.45) is 0 Å². The highest BCUT2D eigenvalue weighted by Crippen LogP contribution is 2.17. The van der Waals surface area contributed by atoms with Gasteiger partial charge in [0.1, 0.15) is 6.10 Å². The molecule has 0 aliphatic carbocycles. The van der Waals surface area contributed by atoms with Gasteiger partial charge in [-0.3, -0.25) is 0 Å². The number of aliphatic carboxylic acids is 1. The molecule has 0 bridgehead atoms. The fourth-order valence-electron chi connectivity index (χ4n) is 1.08. The summed E-state index contributed by atoms with van der Waals surface area (Å²) in [5.74, 6) is -0.925. The molecule has 1 N–H and O–H groups in total. The average Bonchev–Trinajstić information content (AvgIpc) is 3.11. The van der Waals surface area contributed by atoms with E-state index in [2.05, 4.69) is 13.2 Å². The molecule has 102 valence electrons. The van der Waals surface area contributed by atoms with Crippen LogP contribution < -0.4 is 0 Å². The van der Waals surface area contributed by atoms with Gasteiger partial charge in [0.25, 0.3) is 0 Å². The summed E-state index contributed by atoms with van der Waals surface area (Å²) in [4.78, 5) is 10.1. The van der Waals surface area contributed by atoms with Gasteiger partial charge in [-0.2, -0.15) is 0 Å². The van der Waals surface area contributed by atoms with Crippen molar-refractivity contribution in [2.75, 3.05) is 26.4 Å². The Morgan fingerprint density at radius 1 is 1.33 bits per heavy atom. The highest BCUT2D eigenvalue weighted by Gasteiger charge is 2.24. The second kappa shape index (κ2) is 7.31. The molecule has 0 aromatic rings. The third-order valence-corrected chi connectivity index (χ3v) is 2.23. The van der Waals surface area contributed by atoms with E-state index in [-0.39, 0.29) is 11.7 Å². The van der Waals surface area contributed by atoms with Crippen LogP contribution in [0.1, 0.15) is 13.3 Å². The van der Waals surface area contributed by atoms with E-state index in [1.807, 2.05) is 6.92 Å². The molecule has 2 rings (SSSR count). The second-order valence-electron chi connectivity index (χ2n) is 4.50. The Hall–Kier alpha value is -1.17. The molecule has 2 unspecified atom stereocenters. The molecular weight excluding hydrogens is 236 g/mol. The molecule has 2 saturated heterocycles. The quantitative estimate of drug-likeness (QED) is 0.423. The van der Waals surface area contributed by atoms with Crippen LogP contribution in [0, 0.1) is 0 Å². The minimum atomic E-state index is -0.925. The molecule has 5 heteroatoms. The summed E-state index contributed by atoms with van der Waals surface area (Å²) >= 11 is 0. The van der Waals surface area contributed by atoms with Gasteiger partial charge in [0.05, 0.1) is 32.5 Å². The van der Waals surface area contributed by atoms with Gasteiger partial charge in [0, 0.05) is 12.0 Å². The molecule has 0 spiro atoms. The molecule has 2 aliphatic rings. The fraction of sp³-hybridized carbons (Fsp3) is 0.615. The van der Waals surface area contributed by atoms with Crippen molar-refractivity contribution in [3.63, 3.8) is 0 Å². The van der Waals surface area contributed by atoms with E-state index in [0.29, 0.717) is 25.7 Å². The zero-order valence-corrected chi connectivity index (χ0v) is 10.7. The Morgan fingerprint density at radius 3 is 2.28 bits per heavy atom. The van der Waals surface area contributed by atoms with E-state index in [4.69, 9.17) is 19.3 Å². The molecule has 2 atom stereocenters. The molecule has 2 aliphatic heterocycles. The zero-order valence-electron chi connectivity index (χ0n) is 10.7. The number of hydrogen-bond acceptors (Lipinski definition) is 4. The van der Waals surface area contributed by atoms with E-state index < -0.39 is 5.97 Å². The average molecular weight is 256 g/mol. The summed E-state index contributed by atoms with van der Waals surface area (Å²) in [6.45, 7) is 12.0. The van der Waals surface area contributed by atoms with Gasteiger partial charge in [-0.1, -0.05) is 18.7 Å². The van der Waals surface area contributed by atoms with Crippen LogP contribution in [-0.2, 0) is 19.0 Å². The Bertz CT molecular complexity index is 315. The maximum atomic E-state index is 10.1. The lowest BCUT2D eigenvalue weighted by atomic mass is 10.2. The maximum Gasteiger partial charge on any atom is 0.331 e. The van der Waals surface area contributed by atoms with Crippen LogP contribution >= 0.6 is 0 Å².